The van der Waals surface area contributed by atoms with Crippen LogP contribution in [0.3, 0.4) is 0 Å². The third-order valence-electron chi connectivity index (χ3n) is 5.59. The minimum absolute atomic E-state index is 0.0753. The molecule has 10 nitrogen and oxygen atoms in total. The van der Waals surface area contributed by atoms with Gasteiger partial charge >= 0.3 is 5.97 Å². The summed E-state index contributed by atoms with van der Waals surface area (Å²) in [5.74, 6) is -0.174. The first-order valence-corrected chi connectivity index (χ1v) is 11.2. The highest BCUT2D eigenvalue weighted by atomic mass is 16.5. The van der Waals surface area contributed by atoms with E-state index in [2.05, 4.69) is 20.3 Å². The molecule has 178 valence electrons. The lowest BCUT2D eigenvalue weighted by atomic mass is 10.1. The molecule has 0 saturated carbocycles. The number of rotatable bonds is 8. The lowest BCUT2D eigenvalue weighted by Gasteiger charge is -2.26. The molecular formula is C24H28N6O4. The molecule has 1 aromatic heterocycles. The van der Waals surface area contributed by atoms with Gasteiger partial charge in [0, 0.05) is 17.8 Å². The molecule has 3 aromatic rings. The number of methoxy groups -OCH3 is 1. The number of nitrogens with two attached hydrogens (primary N) is 1. The zero-order chi connectivity index (χ0) is 23.9. The molecule has 3 N–H and O–H groups in total. The standard InChI is InChI=1S/C24H28N6O4/c1-33-22(32)18-7-5-6-17(16-18)21(31)30-23(25)27-24(28-30)26-19-8-10-20(11-9-19)34-15-14-29-12-3-2-4-13-29/h5-11,16H,2-4,12-15H2,1H3,(H3,25,26,27,28). The summed E-state index contributed by atoms with van der Waals surface area (Å²) in [6, 6.07) is 13.5. The third kappa shape index (κ3) is 5.70. The maximum absolute atomic E-state index is 12.8. The SMILES string of the molecule is COC(=O)c1cccc(C(=O)n2nc(Nc3ccc(OCCN4CCCCC4)cc3)nc2N)c1. The van der Waals surface area contributed by atoms with E-state index < -0.39 is 11.9 Å². The predicted molar refractivity (Wildman–Crippen MR) is 127 cm³/mol. The van der Waals surface area contributed by atoms with Gasteiger partial charge in [-0.25, -0.2) is 4.79 Å². The van der Waals surface area contributed by atoms with Crippen molar-refractivity contribution in [1.82, 2.24) is 19.7 Å². The van der Waals surface area contributed by atoms with Crippen LogP contribution in [0, 0.1) is 0 Å². The largest absolute Gasteiger partial charge is 0.492 e. The summed E-state index contributed by atoms with van der Waals surface area (Å²) in [5, 5.41) is 7.20. The molecule has 10 heteroatoms. The molecular weight excluding hydrogens is 436 g/mol. The zero-order valence-corrected chi connectivity index (χ0v) is 19.1. The number of likely N-dealkylation sites (tertiary alicyclic amines) is 1. The van der Waals surface area contributed by atoms with E-state index in [1.165, 1.54) is 32.4 Å². The number of hydrogen-bond donors (Lipinski definition) is 2. The highest BCUT2D eigenvalue weighted by molar-refractivity contribution is 5.99. The van der Waals surface area contributed by atoms with Crippen LogP contribution in [0.4, 0.5) is 17.6 Å². The minimum atomic E-state index is -0.539. The first kappa shape index (κ1) is 23.2. The molecule has 0 unspecified atom stereocenters. The lowest BCUT2D eigenvalue weighted by molar-refractivity contribution is 0.0600. The van der Waals surface area contributed by atoms with Gasteiger partial charge in [-0.15, -0.1) is 5.10 Å². The fourth-order valence-corrected chi connectivity index (χ4v) is 3.79. The molecule has 0 spiro atoms. The van der Waals surface area contributed by atoms with E-state index in [4.69, 9.17) is 15.2 Å². The summed E-state index contributed by atoms with van der Waals surface area (Å²) in [4.78, 5) is 31.1. The van der Waals surface area contributed by atoms with Crippen LogP contribution in [-0.4, -0.2) is 64.9 Å². The van der Waals surface area contributed by atoms with Gasteiger partial charge in [-0.3, -0.25) is 9.69 Å². The van der Waals surface area contributed by atoms with Crippen LogP contribution in [-0.2, 0) is 4.74 Å². The van der Waals surface area contributed by atoms with E-state index in [1.54, 1.807) is 18.2 Å². The van der Waals surface area contributed by atoms with Gasteiger partial charge in [0.2, 0.25) is 11.9 Å². The highest BCUT2D eigenvalue weighted by Crippen LogP contribution is 2.20. The van der Waals surface area contributed by atoms with Gasteiger partial charge in [0.15, 0.2) is 0 Å². The summed E-state index contributed by atoms with van der Waals surface area (Å²) in [5.41, 5.74) is 7.12. The Morgan fingerprint density at radius 3 is 2.53 bits per heavy atom. The molecule has 1 aliphatic rings. The Hall–Kier alpha value is -3.92. The van der Waals surface area contributed by atoms with E-state index in [9.17, 15) is 9.59 Å². The van der Waals surface area contributed by atoms with Crippen molar-refractivity contribution in [3.63, 3.8) is 0 Å². The Balaban J connectivity index is 1.36. The quantitative estimate of drug-likeness (QED) is 0.484. The number of ether oxygens (including phenoxy) is 2. The molecule has 0 amide bonds. The number of nitrogen functional groups attached to an aromatic ring is 1. The van der Waals surface area contributed by atoms with E-state index in [-0.39, 0.29) is 23.0 Å². The number of nitrogens with zero attached hydrogens (tertiary/aromatic N) is 4. The van der Waals surface area contributed by atoms with Gasteiger partial charge < -0.3 is 20.5 Å². The van der Waals surface area contributed by atoms with Crippen LogP contribution >= 0.6 is 0 Å². The van der Waals surface area contributed by atoms with Gasteiger partial charge in [-0.2, -0.15) is 9.67 Å². The normalized spacial score (nSPS) is 13.9. The van der Waals surface area contributed by atoms with Gasteiger partial charge in [0.05, 0.1) is 12.7 Å². The number of carbonyl (C=O) groups is 2. The highest BCUT2D eigenvalue weighted by Gasteiger charge is 2.18. The Kier molecular flexibility index (Phi) is 7.38. The van der Waals surface area contributed by atoms with Gasteiger partial charge in [-0.05, 0) is 68.4 Å². The minimum Gasteiger partial charge on any atom is -0.492 e. The second-order valence-electron chi connectivity index (χ2n) is 7.98. The molecule has 0 radical (unpaired) electrons. The average molecular weight is 465 g/mol. The summed E-state index contributed by atoms with van der Waals surface area (Å²) >= 11 is 0. The molecule has 4 rings (SSSR count). The first-order chi connectivity index (χ1) is 16.5. The van der Waals surface area contributed by atoms with E-state index in [1.807, 2.05) is 24.3 Å². The molecule has 1 fully saturated rings. The van der Waals surface area contributed by atoms with Crippen LogP contribution in [0.15, 0.2) is 48.5 Å². The van der Waals surface area contributed by atoms with Crippen molar-refractivity contribution in [2.24, 2.45) is 0 Å². The van der Waals surface area contributed by atoms with E-state index in [0.717, 1.165) is 35.8 Å². The molecule has 2 aromatic carbocycles. The van der Waals surface area contributed by atoms with Crippen molar-refractivity contribution in [3.8, 4) is 5.75 Å². The van der Waals surface area contributed by atoms with Crippen molar-refractivity contribution >= 4 is 29.5 Å². The lowest BCUT2D eigenvalue weighted by Crippen LogP contribution is -2.33. The summed E-state index contributed by atoms with van der Waals surface area (Å²) in [6.45, 7) is 3.87. The Morgan fingerprint density at radius 1 is 1.06 bits per heavy atom. The number of aromatic nitrogens is 3. The Morgan fingerprint density at radius 2 is 1.79 bits per heavy atom. The fraction of sp³-hybridized carbons (Fsp3) is 0.333. The van der Waals surface area contributed by atoms with Gasteiger partial charge in [-0.1, -0.05) is 12.5 Å². The van der Waals surface area contributed by atoms with Crippen LogP contribution in [0.1, 0.15) is 40.0 Å². The monoisotopic (exact) mass is 464 g/mol. The molecule has 0 bridgehead atoms. The average Bonchev–Trinajstić information content (AvgIpc) is 3.24. The molecule has 2 heterocycles. The molecule has 34 heavy (non-hydrogen) atoms. The third-order valence-corrected chi connectivity index (χ3v) is 5.59. The number of piperidine rings is 1. The molecule has 0 atom stereocenters. The second-order valence-corrected chi connectivity index (χ2v) is 7.98. The van der Waals surface area contributed by atoms with Crippen molar-refractivity contribution in [1.29, 1.82) is 0 Å². The molecule has 1 saturated heterocycles. The van der Waals surface area contributed by atoms with Crippen LogP contribution in [0.2, 0.25) is 0 Å². The Bertz CT molecular complexity index is 1140. The number of benzene rings is 2. The van der Waals surface area contributed by atoms with Crippen molar-refractivity contribution in [3.05, 3.63) is 59.7 Å². The zero-order valence-electron chi connectivity index (χ0n) is 19.1. The maximum Gasteiger partial charge on any atom is 0.337 e. The van der Waals surface area contributed by atoms with E-state index >= 15 is 0 Å². The number of hydrogen-bond acceptors (Lipinski definition) is 9. The first-order valence-electron chi connectivity index (χ1n) is 11.2. The van der Waals surface area contributed by atoms with Crippen molar-refractivity contribution < 1.29 is 19.1 Å². The number of anilines is 3. The van der Waals surface area contributed by atoms with Gasteiger partial charge in [0.1, 0.15) is 12.4 Å². The number of nitrogens with one attached hydrogen (secondary N) is 1. The van der Waals surface area contributed by atoms with Crippen LogP contribution in [0.5, 0.6) is 5.75 Å². The summed E-state index contributed by atoms with van der Waals surface area (Å²) in [6.07, 6.45) is 3.85. The Labute approximate surface area is 197 Å². The molecule has 1 aliphatic heterocycles. The fourth-order valence-electron chi connectivity index (χ4n) is 3.79. The van der Waals surface area contributed by atoms with Crippen molar-refractivity contribution in [2.45, 2.75) is 19.3 Å². The summed E-state index contributed by atoms with van der Waals surface area (Å²) < 4.78 is 11.5. The van der Waals surface area contributed by atoms with Crippen LogP contribution in [0.25, 0.3) is 0 Å². The summed E-state index contributed by atoms with van der Waals surface area (Å²) in [7, 11) is 1.28. The maximum atomic E-state index is 12.8. The smallest absolute Gasteiger partial charge is 0.337 e. The number of carbonyl (C=O) groups excluding carboxylic acids is 2. The van der Waals surface area contributed by atoms with Crippen LogP contribution < -0.4 is 15.8 Å². The van der Waals surface area contributed by atoms with Crippen molar-refractivity contribution in [2.75, 3.05) is 44.4 Å². The number of esters is 1. The molecule has 0 aliphatic carbocycles. The predicted octanol–water partition coefficient (Wildman–Crippen LogP) is 2.94. The second kappa shape index (κ2) is 10.8. The van der Waals surface area contributed by atoms with E-state index in [0.29, 0.717) is 6.61 Å². The van der Waals surface area contributed by atoms with Gasteiger partial charge in [0.25, 0.3) is 5.91 Å². The topological polar surface area (TPSA) is 125 Å².